The maximum absolute atomic E-state index is 12.5. The van der Waals surface area contributed by atoms with E-state index < -0.39 is 6.10 Å². The van der Waals surface area contributed by atoms with Gasteiger partial charge in [0.25, 0.3) is 0 Å². The zero-order valence-corrected chi connectivity index (χ0v) is 10.7. The zero-order valence-electron chi connectivity index (χ0n) is 10.7. The van der Waals surface area contributed by atoms with Gasteiger partial charge in [-0.25, -0.2) is 0 Å². The van der Waals surface area contributed by atoms with E-state index in [1.54, 1.807) is 18.2 Å². The van der Waals surface area contributed by atoms with Crippen molar-refractivity contribution < 1.29 is 9.53 Å². The van der Waals surface area contributed by atoms with Gasteiger partial charge < -0.3 is 4.74 Å². The first-order valence-electron chi connectivity index (χ1n) is 6.19. The summed E-state index contributed by atoms with van der Waals surface area (Å²) < 4.78 is 5.63. The Labute approximate surface area is 113 Å². The van der Waals surface area contributed by atoms with Gasteiger partial charge in [-0.1, -0.05) is 66.7 Å². The SMILES string of the molecule is C=CCO[C@H](C(=O)c1ccccc1)c1ccccc1. The highest BCUT2D eigenvalue weighted by Gasteiger charge is 2.21. The fourth-order valence-corrected chi connectivity index (χ4v) is 1.87. The molecule has 0 spiro atoms. The van der Waals surface area contributed by atoms with E-state index in [9.17, 15) is 4.79 Å². The number of ether oxygens (including phenoxy) is 1. The molecule has 0 amide bonds. The number of ketones is 1. The van der Waals surface area contributed by atoms with E-state index in [-0.39, 0.29) is 5.78 Å². The number of benzene rings is 2. The van der Waals surface area contributed by atoms with Crippen LogP contribution in [0.15, 0.2) is 73.3 Å². The molecule has 2 nitrogen and oxygen atoms in total. The Hall–Kier alpha value is -2.19. The number of hydrogen-bond acceptors (Lipinski definition) is 2. The third-order valence-electron chi connectivity index (χ3n) is 2.78. The molecular formula is C17H16O2. The van der Waals surface area contributed by atoms with Crippen molar-refractivity contribution in [3.63, 3.8) is 0 Å². The molecule has 19 heavy (non-hydrogen) atoms. The normalized spacial score (nSPS) is 11.8. The zero-order chi connectivity index (χ0) is 13.5. The van der Waals surface area contributed by atoms with Crippen LogP contribution in [0.1, 0.15) is 22.0 Å². The van der Waals surface area contributed by atoms with Gasteiger partial charge in [0.05, 0.1) is 6.61 Å². The number of hydrogen-bond donors (Lipinski definition) is 0. The first kappa shape index (κ1) is 13.2. The molecule has 0 N–H and O–H groups in total. The Morgan fingerprint density at radius 1 is 1.05 bits per heavy atom. The van der Waals surface area contributed by atoms with Crippen LogP contribution < -0.4 is 0 Å². The van der Waals surface area contributed by atoms with Crippen molar-refractivity contribution >= 4 is 5.78 Å². The summed E-state index contributed by atoms with van der Waals surface area (Å²) in [7, 11) is 0. The number of rotatable bonds is 6. The average molecular weight is 252 g/mol. The first-order valence-corrected chi connectivity index (χ1v) is 6.19. The van der Waals surface area contributed by atoms with Gasteiger partial charge in [0.1, 0.15) is 6.10 Å². The molecule has 0 fully saturated rings. The van der Waals surface area contributed by atoms with Crippen molar-refractivity contribution in [3.05, 3.63) is 84.4 Å². The van der Waals surface area contributed by atoms with Crippen LogP contribution in [0.3, 0.4) is 0 Å². The Morgan fingerprint density at radius 2 is 1.63 bits per heavy atom. The van der Waals surface area contributed by atoms with Crippen molar-refractivity contribution in [1.29, 1.82) is 0 Å². The molecule has 0 radical (unpaired) electrons. The fraction of sp³-hybridized carbons (Fsp3) is 0.118. The molecular weight excluding hydrogens is 236 g/mol. The summed E-state index contributed by atoms with van der Waals surface area (Å²) in [5, 5.41) is 0. The summed E-state index contributed by atoms with van der Waals surface area (Å²) in [4.78, 5) is 12.5. The fourth-order valence-electron chi connectivity index (χ4n) is 1.87. The topological polar surface area (TPSA) is 26.3 Å². The molecule has 0 aromatic heterocycles. The number of Topliss-reactive ketones (excluding diaryl/α,β-unsaturated/α-hetero) is 1. The summed E-state index contributed by atoms with van der Waals surface area (Å²) in [6.45, 7) is 3.97. The van der Waals surface area contributed by atoms with Gasteiger partial charge in [-0.3, -0.25) is 4.79 Å². The van der Waals surface area contributed by atoms with Gasteiger partial charge in [-0.05, 0) is 5.56 Å². The molecule has 1 atom stereocenters. The van der Waals surface area contributed by atoms with Crippen molar-refractivity contribution in [3.8, 4) is 0 Å². The molecule has 0 saturated heterocycles. The van der Waals surface area contributed by atoms with E-state index in [4.69, 9.17) is 4.74 Å². The van der Waals surface area contributed by atoms with Crippen molar-refractivity contribution in [1.82, 2.24) is 0 Å². The summed E-state index contributed by atoms with van der Waals surface area (Å²) in [5.41, 5.74) is 1.51. The molecule has 0 heterocycles. The Bertz CT molecular complexity index is 532. The van der Waals surface area contributed by atoms with Gasteiger partial charge in [-0.15, -0.1) is 6.58 Å². The molecule has 0 bridgehead atoms. The van der Waals surface area contributed by atoms with Gasteiger partial charge in [0.15, 0.2) is 5.78 Å². The van der Waals surface area contributed by atoms with Crippen LogP contribution in [0.4, 0.5) is 0 Å². The van der Waals surface area contributed by atoms with Crippen molar-refractivity contribution in [2.24, 2.45) is 0 Å². The Balaban J connectivity index is 2.28. The standard InChI is InChI=1S/C17H16O2/c1-2-13-19-17(15-11-7-4-8-12-15)16(18)14-9-5-3-6-10-14/h2-12,17H,1,13H2/t17-/m0/s1. The van der Waals surface area contributed by atoms with Gasteiger partial charge in [0, 0.05) is 5.56 Å². The Kier molecular flexibility index (Phi) is 4.65. The molecule has 2 heteroatoms. The molecule has 2 aromatic carbocycles. The van der Waals surface area contributed by atoms with Gasteiger partial charge in [0.2, 0.25) is 0 Å². The number of carbonyl (C=O) groups excluding carboxylic acids is 1. The highest BCUT2D eigenvalue weighted by atomic mass is 16.5. The lowest BCUT2D eigenvalue weighted by molar-refractivity contribution is 0.0503. The van der Waals surface area contributed by atoms with Gasteiger partial charge in [-0.2, -0.15) is 0 Å². The second kappa shape index (κ2) is 6.66. The van der Waals surface area contributed by atoms with Gasteiger partial charge >= 0.3 is 0 Å². The summed E-state index contributed by atoms with van der Waals surface area (Å²) in [6.07, 6.45) is 1.07. The number of carbonyl (C=O) groups is 1. The van der Waals surface area contributed by atoms with Crippen LogP contribution in [0, 0.1) is 0 Å². The lowest BCUT2D eigenvalue weighted by atomic mass is 10.00. The minimum atomic E-state index is -0.582. The molecule has 2 aromatic rings. The van der Waals surface area contributed by atoms with Crippen molar-refractivity contribution in [2.75, 3.05) is 6.61 Å². The van der Waals surface area contributed by atoms with E-state index in [0.717, 1.165) is 5.56 Å². The molecule has 96 valence electrons. The molecule has 0 aliphatic carbocycles. The third-order valence-corrected chi connectivity index (χ3v) is 2.78. The van der Waals surface area contributed by atoms with E-state index in [1.807, 2.05) is 48.5 Å². The molecule has 0 saturated carbocycles. The molecule has 0 unspecified atom stereocenters. The van der Waals surface area contributed by atoms with E-state index in [0.29, 0.717) is 12.2 Å². The van der Waals surface area contributed by atoms with Crippen LogP contribution in [-0.4, -0.2) is 12.4 Å². The predicted octanol–water partition coefficient (Wildman–Crippen LogP) is 3.81. The van der Waals surface area contributed by atoms with E-state index in [1.165, 1.54) is 0 Å². The lowest BCUT2D eigenvalue weighted by Gasteiger charge is -2.16. The van der Waals surface area contributed by atoms with E-state index in [2.05, 4.69) is 6.58 Å². The van der Waals surface area contributed by atoms with Crippen LogP contribution in [0.25, 0.3) is 0 Å². The third kappa shape index (κ3) is 3.39. The average Bonchev–Trinajstić information content (AvgIpc) is 2.49. The lowest BCUT2D eigenvalue weighted by Crippen LogP contribution is -2.16. The second-order valence-electron chi connectivity index (χ2n) is 4.14. The quantitative estimate of drug-likeness (QED) is 0.577. The van der Waals surface area contributed by atoms with Crippen LogP contribution in [0.5, 0.6) is 0 Å². The summed E-state index contributed by atoms with van der Waals surface area (Å²) >= 11 is 0. The predicted molar refractivity (Wildman–Crippen MR) is 76.1 cm³/mol. The maximum atomic E-state index is 12.5. The highest BCUT2D eigenvalue weighted by molar-refractivity contribution is 6.00. The molecule has 2 rings (SSSR count). The smallest absolute Gasteiger partial charge is 0.196 e. The minimum absolute atomic E-state index is 0.0337. The summed E-state index contributed by atoms with van der Waals surface area (Å²) in [6, 6.07) is 18.7. The molecule has 0 aliphatic heterocycles. The van der Waals surface area contributed by atoms with Crippen LogP contribution in [-0.2, 0) is 4.74 Å². The van der Waals surface area contributed by atoms with E-state index >= 15 is 0 Å². The maximum Gasteiger partial charge on any atom is 0.196 e. The first-order chi connectivity index (χ1) is 9.33. The molecule has 0 aliphatic rings. The van der Waals surface area contributed by atoms with Crippen LogP contribution in [0.2, 0.25) is 0 Å². The van der Waals surface area contributed by atoms with Crippen molar-refractivity contribution in [2.45, 2.75) is 6.10 Å². The Morgan fingerprint density at radius 3 is 2.21 bits per heavy atom. The largest absolute Gasteiger partial charge is 0.361 e. The summed E-state index contributed by atoms with van der Waals surface area (Å²) in [5.74, 6) is -0.0337. The minimum Gasteiger partial charge on any atom is -0.361 e. The monoisotopic (exact) mass is 252 g/mol. The van der Waals surface area contributed by atoms with Crippen LogP contribution >= 0.6 is 0 Å². The second-order valence-corrected chi connectivity index (χ2v) is 4.14. The highest BCUT2D eigenvalue weighted by Crippen LogP contribution is 2.22.